The van der Waals surface area contributed by atoms with Crippen LogP contribution in [0.3, 0.4) is 0 Å². The second-order valence-electron chi connectivity index (χ2n) is 6.00. The van der Waals surface area contributed by atoms with Crippen molar-refractivity contribution in [1.82, 2.24) is 4.72 Å². The minimum Gasteiger partial charge on any atom is -0.371 e. The molecule has 0 radical (unpaired) electrons. The number of rotatable bonds is 5. The Labute approximate surface area is 163 Å². The van der Waals surface area contributed by atoms with Gasteiger partial charge in [-0.25, -0.2) is 17.5 Å². The number of hydrogen-bond donors (Lipinski definition) is 1. The van der Waals surface area contributed by atoms with E-state index in [0.717, 1.165) is 25.2 Å². The average molecular weight is 492 g/mol. The number of sulfonamides is 1. The monoisotopic (exact) mass is 490 g/mol. The van der Waals surface area contributed by atoms with Crippen molar-refractivity contribution in [3.63, 3.8) is 0 Å². The standard InChI is InChI=1S/C17H17Br2FN2O2S/c18-13-1-6-16(19)17(9-13)25(23,24)21-10-12-7-8-22(11-12)15-4-2-14(20)3-5-15/h1-6,9,12,21H,7-8,10-11H2. The molecule has 0 aromatic heterocycles. The fraction of sp³-hybridized carbons (Fsp3) is 0.294. The van der Waals surface area contributed by atoms with Crippen LogP contribution >= 0.6 is 31.9 Å². The highest BCUT2D eigenvalue weighted by Crippen LogP contribution is 2.27. The molecule has 25 heavy (non-hydrogen) atoms. The molecule has 1 unspecified atom stereocenters. The lowest BCUT2D eigenvalue weighted by Gasteiger charge is -2.19. The van der Waals surface area contributed by atoms with Gasteiger partial charge in [0.15, 0.2) is 0 Å². The van der Waals surface area contributed by atoms with E-state index < -0.39 is 10.0 Å². The van der Waals surface area contributed by atoms with Gasteiger partial charge in [0.1, 0.15) is 5.82 Å². The molecule has 1 saturated heterocycles. The molecule has 1 atom stereocenters. The first-order valence-electron chi connectivity index (χ1n) is 7.80. The van der Waals surface area contributed by atoms with E-state index >= 15 is 0 Å². The lowest BCUT2D eigenvalue weighted by molar-refractivity contribution is 0.541. The van der Waals surface area contributed by atoms with Gasteiger partial charge in [0.2, 0.25) is 10.0 Å². The molecule has 2 aromatic rings. The van der Waals surface area contributed by atoms with Crippen LogP contribution in [-0.2, 0) is 10.0 Å². The molecule has 0 saturated carbocycles. The van der Waals surface area contributed by atoms with E-state index in [1.807, 2.05) is 0 Å². The van der Waals surface area contributed by atoms with E-state index in [-0.39, 0.29) is 16.6 Å². The van der Waals surface area contributed by atoms with Crippen LogP contribution in [0, 0.1) is 11.7 Å². The predicted octanol–water partition coefficient (Wildman–Crippen LogP) is 4.16. The Balaban J connectivity index is 1.62. The van der Waals surface area contributed by atoms with E-state index in [2.05, 4.69) is 41.5 Å². The maximum Gasteiger partial charge on any atom is 0.241 e. The fourth-order valence-corrected chi connectivity index (χ4v) is 5.49. The van der Waals surface area contributed by atoms with Gasteiger partial charge >= 0.3 is 0 Å². The lowest BCUT2D eigenvalue weighted by Crippen LogP contribution is -2.31. The van der Waals surface area contributed by atoms with Crippen molar-refractivity contribution < 1.29 is 12.8 Å². The Bertz CT molecular complexity index is 859. The largest absolute Gasteiger partial charge is 0.371 e. The summed E-state index contributed by atoms with van der Waals surface area (Å²) in [6, 6.07) is 11.4. The molecule has 1 aliphatic rings. The second-order valence-corrected chi connectivity index (χ2v) is 9.51. The quantitative estimate of drug-likeness (QED) is 0.683. The first-order valence-corrected chi connectivity index (χ1v) is 10.9. The minimum absolute atomic E-state index is 0.214. The summed E-state index contributed by atoms with van der Waals surface area (Å²) in [6.45, 7) is 1.95. The molecule has 8 heteroatoms. The van der Waals surface area contributed by atoms with Gasteiger partial charge in [-0.05, 0) is 70.7 Å². The van der Waals surface area contributed by atoms with Crippen LogP contribution in [0.1, 0.15) is 6.42 Å². The SMILES string of the molecule is O=S(=O)(NCC1CCN(c2ccc(F)cc2)C1)c1cc(Br)ccc1Br. The van der Waals surface area contributed by atoms with Crippen LogP contribution in [0.5, 0.6) is 0 Å². The van der Waals surface area contributed by atoms with Crippen molar-refractivity contribution in [3.8, 4) is 0 Å². The van der Waals surface area contributed by atoms with E-state index in [1.165, 1.54) is 12.1 Å². The van der Waals surface area contributed by atoms with Gasteiger partial charge in [0.25, 0.3) is 0 Å². The summed E-state index contributed by atoms with van der Waals surface area (Å²) in [5, 5.41) is 0. The predicted molar refractivity (Wildman–Crippen MR) is 104 cm³/mol. The first kappa shape index (κ1) is 18.8. The van der Waals surface area contributed by atoms with Gasteiger partial charge in [-0.15, -0.1) is 0 Å². The zero-order valence-corrected chi connectivity index (χ0v) is 17.2. The van der Waals surface area contributed by atoms with Crippen LogP contribution in [0.25, 0.3) is 0 Å². The molecule has 1 fully saturated rings. The van der Waals surface area contributed by atoms with Gasteiger partial charge < -0.3 is 4.90 Å². The molecular weight excluding hydrogens is 475 g/mol. The Morgan fingerprint density at radius 1 is 1.16 bits per heavy atom. The molecule has 0 spiro atoms. The van der Waals surface area contributed by atoms with Gasteiger partial charge in [-0.3, -0.25) is 0 Å². The number of benzene rings is 2. The maximum atomic E-state index is 13.0. The summed E-state index contributed by atoms with van der Waals surface area (Å²) in [6.07, 6.45) is 0.888. The van der Waals surface area contributed by atoms with E-state index in [0.29, 0.717) is 15.5 Å². The lowest BCUT2D eigenvalue weighted by atomic mass is 10.1. The van der Waals surface area contributed by atoms with Gasteiger partial charge in [-0.2, -0.15) is 0 Å². The molecule has 1 N–H and O–H groups in total. The number of halogens is 3. The molecule has 1 heterocycles. The molecule has 1 aliphatic heterocycles. The average Bonchev–Trinajstić information content (AvgIpc) is 3.05. The second kappa shape index (κ2) is 7.73. The maximum absolute atomic E-state index is 13.0. The number of hydrogen-bond acceptors (Lipinski definition) is 3. The molecule has 3 rings (SSSR count). The highest BCUT2D eigenvalue weighted by atomic mass is 79.9. The van der Waals surface area contributed by atoms with Crippen molar-refractivity contribution in [2.45, 2.75) is 11.3 Å². The summed E-state index contributed by atoms with van der Waals surface area (Å²) in [7, 11) is -3.58. The molecule has 0 amide bonds. The Morgan fingerprint density at radius 3 is 2.60 bits per heavy atom. The Hall–Kier alpha value is -0.960. The minimum atomic E-state index is -3.58. The summed E-state index contributed by atoms with van der Waals surface area (Å²) in [5.74, 6) is -0.0439. The zero-order chi connectivity index (χ0) is 18.0. The van der Waals surface area contributed by atoms with Gasteiger partial charge in [0, 0.05) is 34.3 Å². The van der Waals surface area contributed by atoms with Crippen molar-refractivity contribution in [3.05, 3.63) is 57.2 Å². The van der Waals surface area contributed by atoms with Crippen molar-refractivity contribution >= 4 is 47.6 Å². The Kier molecular flexibility index (Phi) is 5.82. The highest BCUT2D eigenvalue weighted by molar-refractivity contribution is 9.11. The van der Waals surface area contributed by atoms with Crippen LogP contribution in [0.2, 0.25) is 0 Å². The smallest absolute Gasteiger partial charge is 0.241 e. The van der Waals surface area contributed by atoms with Crippen molar-refractivity contribution in [2.75, 3.05) is 24.5 Å². The third-order valence-electron chi connectivity index (χ3n) is 4.22. The topological polar surface area (TPSA) is 49.4 Å². The van der Waals surface area contributed by atoms with Gasteiger partial charge in [0.05, 0.1) is 4.90 Å². The molecule has 2 aromatic carbocycles. The molecule has 4 nitrogen and oxygen atoms in total. The van der Waals surface area contributed by atoms with Crippen LogP contribution in [0.15, 0.2) is 56.3 Å². The van der Waals surface area contributed by atoms with Crippen LogP contribution < -0.4 is 9.62 Å². The fourth-order valence-electron chi connectivity index (χ4n) is 2.87. The normalized spacial score (nSPS) is 17.9. The summed E-state index contributed by atoms with van der Waals surface area (Å²) >= 11 is 6.59. The van der Waals surface area contributed by atoms with Gasteiger partial charge in [-0.1, -0.05) is 15.9 Å². The number of nitrogens with one attached hydrogen (secondary N) is 1. The summed E-state index contributed by atoms with van der Waals surface area (Å²) < 4.78 is 42.0. The molecule has 0 aliphatic carbocycles. The molecule has 134 valence electrons. The van der Waals surface area contributed by atoms with E-state index in [4.69, 9.17) is 0 Å². The van der Waals surface area contributed by atoms with Crippen molar-refractivity contribution in [2.24, 2.45) is 5.92 Å². The van der Waals surface area contributed by atoms with E-state index in [1.54, 1.807) is 30.3 Å². The van der Waals surface area contributed by atoms with Crippen molar-refractivity contribution in [1.29, 1.82) is 0 Å². The molecule has 0 bridgehead atoms. The third kappa shape index (κ3) is 4.61. The van der Waals surface area contributed by atoms with Crippen LogP contribution in [0.4, 0.5) is 10.1 Å². The third-order valence-corrected chi connectivity index (χ3v) is 7.13. The number of nitrogens with zero attached hydrogens (tertiary/aromatic N) is 1. The highest BCUT2D eigenvalue weighted by Gasteiger charge is 2.25. The zero-order valence-electron chi connectivity index (χ0n) is 13.3. The summed E-state index contributed by atoms with van der Waals surface area (Å²) in [5.41, 5.74) is 0.960. The first-order chi connectivity index (χ1) is 11.8. The number of anilines is 1. The van der Waals surface area contributed by atoms with Crippen LogP contribution in [-0.4, -0.2) is 28.1 Å². The Morgan fingerprint density at radius 2 is 1.88 bits per heavy atom. The molecular formula is C17H17Br2FN2O2S. The van der Waals surface area contributed by atoms with E-state index in [9.17, 15) is 12.8 Å². The summed E-state index contributed by atoms with van der Waals surface area (Å²) in [4.78, 5) is 2.36.